The number of unbranched alkanes of at least 4 members (excludes halogenated alkanes) is 2. The second-order valence-electron chi connectivity index (χ2n) is 4.03. The van der Waals surface area contributed by atoms with Gasteiger partial charge in [-0.2, -0.15) is 0 Å². The molecule has 0 N–H and O–H groups in total. The van der Waals surface area contributed by atoms with E-state index in [9.17, 15) is 0 Å². The molecule has 1 rings (SSSR count). The van der Waals surface area contributed by atoms with E-state index in [1.807, 2.05) is 0 Å². The molecule has 0 aromatic heterocycles. The molecule has 0 aliphatic carbocycles. The highest BCUT2D eigenvalue weighted by Crippen LogP contribution is 2.09. The fraction of sp³-hybridized carbons (Fsp3) is 0.600. The van der Waals surface area contributed by atoms with Gasteiger partial charge in [0.2, 0.25) is 0 Å². The standard InChI is InChI=1S/C11H16.C4H10/c1-3-4-8-11-9-6-5-7-10(11)2;1-3-4-2/h5-7,9H,3-4,8H2,1-2H3;3-4H2,1-2H3. The van der Waals surface area contributed by atoms with Crippen LogP contribution in [0.4, 0.5) is 0 Å². The Morgan fingerprint density at radius 3 is 1.93 bits per heavy atom. The second-order valence-corrected chi connectivity index (χ2v) is 4.03. The Bertz CT molecular complexity index is 236. The van der Waals surface area contributed by atoms with Crippen molar-refractivity contribution < 1.29 is 0 Å². The normalized spacial score (nSPS) is 9.33. The Balaban J connectivity index is 0.000000423. The maximum absolute atomic E-state index is 2.23. The number of rotatable bonds is 4. The second kappa shape index (κ2) is 9.76. The van der Waals surface area contributed by atoms with Gasteiger partial charge in [-0.1, -0.05) is 64.3 Å². The zero-order chi connectivity index (χ0) is 11.5. The number of hydrogen-bond acceptors (Lipinski definition) is 0. The predicted molar refractivity (Wildman–Crippen MR) is 70.4 cm³/mol. The largest absolute Gasteiger partial charge is 0.0654 e. The summed E-state index contributed by atoms with van der Waals surface area (Å²) in [6, 6.07) is 8.64. The molecule has 86 valence electrons. The van der Waals surface area contributed by atoms with Crippen LogP contribution in [0, 0.1) is 6.92 Å². The van der Waals surface area contributed by atoms with Crippen molar-refractivity contribution in [1.29, 1.82) is 0 Å². The molecule has 0 radical (unpaired) electrons. The first-order valence-electron chi connectivity index (χ1n) is 6.30. The van der Waals surface area contributed by atoms with Gasteiger partial charge in [0, 0.05) is 0 Å². The summed E-state index contributed by atoms with van der Waals surface area (Å²) in [5.41, 5.74) is 2.94. The maximum atomic E-state index is 2.23. The highest BCUT2D eigenvalue weighted by Gasteiger charge is 1.94. The van der Waals surface area contributed by atoms with Crippen LogP contribution in [0.25, 0.3) is 0 Å². The Kier molecular flexibility index (Phi) is 9.26. The van der Waals surface area contributed by atoms with E-state index in [-0.39, 0.29) is 0 Å². The van der Waals surface area contributed by atoms with Crippen molar-refractivity contribution in [2.24, 2.45) is 0 Å². The first-order valence-corrected chi connectivity index (χ1v) is 6.30. The molecule has 0 unspecified atom stereocenters. The average molecular weight is 206 g/mol. The van der Waals surface area contributed by atoms with E-state index in [1.165, 1.54) is 43.2 Å². The van der Waals surface area contributed by atoms with E-state index in [2.05, 4.69) is 52.0 Å². The van der Waals surface area contributed by atoms with Crippen LogP contribution in [-0.2, 0) is 6.42 Å². The van der Waals surface area contributed by atoms with Gasteiger partial charge in [0.25, 0.3) is 0 Å². The van der Waals surface area contributed by atoms with Crippen molar-refractivity contribution in [3.05, 3.63) is 35.4 Å². The minimum absolute atomic E-state index is 1.24. The number of aryl methyl sites for hydroxylation is 2. The Morgan fingerprint density at radius 2 is 1.47 bits per heavy atom. The lowest BCUT2D eigenvalue weighted by atomic mass is 10.0. The molecule has 0 amide bonds. The third-order valence-corrected chi connectivity index (χ3v) is 2.56. The van der Waals surface area contributed by atoms with E-state index in [4.69, 9.17) is 0 Å². The van der Waals surface area contributed by atoms with Crippen LogP contribution in [0.5, 0.6) is 0 Å². The van der Waals surface area contributed by atoms with Crippen LogP contribution in [0.15, 0.2) is 24.3 Å². The minimum atomic E-state index is 1.24. The van der Waals surface area contributed by atoms with Crippen LogP contribution in [0.2, 0.25) is 0 Å². The fourth-order valence-electron chi connectivity index (χ4n) is 1.26. The van der Waals surface area contributed by atoms with E-state index in [0.29, 0.717) is 0 Å². The number of hydrogen-bond donors (Lipinski definition) is 0. The summed E-state index contributed by atoms with van der Waals surface area (Å²) in [7, 11) is 0. The van der Waals surface area contributed by atoms with Gasteiger partial charge in [-0.25, -0.2) is 0 Å². The van der Waals surface area contributed by atoms with Gasteiger partial charge < -0.3 is 0 Å². The average Bonchev–Trinajstić information content (AvgIpc) is 2.28. The number of benzene rings is 1. The van der Waals surface area contributed by atoms with E-state index < -0.39 is 0 Å². The predicted octanol–water partition coefficient (Wildman–Crippen LogP) is 5.14. The Labute approximate surface area is 95.7 Å². The molecule has 0 spiro atoms. The van der Waals surface area contributed by atoms with Gasteiger partial charge in [0.15, 0.2) is 0 Å². The lowest BCUT2D eigenvalue weighted by Crippen LogP contribution is -1.87. The van der Waals surface area contributed by atoms with E-state index in [1.54, 1.807) is 0 Å². The minimum Gasteiger partial charge on any atom is -0.0654 e. The third-order valence-electron chi connectivity index (χ3n) is 2.56. The monoisotopic (exact) mass is 206 g/mol. The molecule has 1 aromatic rings. The summed E-state index contributed by atoms with van der Waals surface area (Å²) in [6.45, 7) is 8.78. The fourth-order valence-corrected chi connectivity index (χ4v) is 1.26. The molecule has 0 bridgehead atoms. The van der Waals surface area contributed by atoms with Gasteiger partial charge in [-0.3, -0.25) is 0 Å². The molecule has 0 heterocycles. The van der Waals surface area contributed by atoms with Crippen molar-refractivity contribution in [3.8, 4) is 0 Å². The molecule has 0 atom stereocenters. The van der Waals surface area contributed by atoms with Crippen molar-refractivity contribution in [2.45, 2.75) is 59.8 Å². The quantitative estimate of drug-likeness (QED) is 0.639. The summed E-state index contributed by atoms with van der Waals surface area (Å²) in [4.78, 5) is 0. The zero-order valence-electron chi connectivity index (χ0n) is 10.8. The maximum Gasteiger partial charge on any atom is -0.0276 e. The van der Waals surface area contributed by atoms with Crippen LogP contribution < -0.4 is 0 Å². The lowest BCUT2D eigenvalue weighted by Gasteiger charge is -2.02. The molecular formula is C15H26. The zero-order valence-corrected chi connectivity index (χ0v) is 10.8. The van der Waals surface area contributed by atoms with Gasteiger partial charge in [-0.05, 0) is 30.9 Å². The SMILES string of the molecule is CCCC.CCCCc1ccccc1C. The molecule has 0 fully saturated rings. The van der Waals surface area contributed by atoms with Gasteiger partial charge in [0.1, 0.15) is 0 Å². The van der Waals surface area contributed by atoms with Crippen LogP contribution in [-0.4, -0.2) is 0 Å². The van der Waals surface area contributed by atoms with Crippen molar-refractivity contribution in [1.82, 2.24) is 0 Å². The van der Waals surface area contributed by atoms with Gasteiger partial charge >= 0.3 is 0 Å². The molecule has 1 aromatic carbocycles. The van der Waals surface area contributed by atoms with Crippen LogP contribution >= 0.6 is 0 Å². The molecular weight excluding hydrogens is 180 g/mol. The molecule has 0 heteroatoms. The Hall–Kier alpha value is -0.780. The summed E-state index contributed by atoms with van der Waals surface area (Å²) >= 11 is 0. The van der Waals surface area contributed by atoms with Crippen LogP contribution in [0.3, 0.4) is 0 Å². The lowest BCUT2D eigenvalue weighted by molar-refractivity contribution is 0.791. The smallest absolute Gasteiger partial charge is 0.0276 e. The summed E-state index contributed by atoms with van der Waals surface area (Å²) in [6.07, 6.45) is 6.47. The summed E-state index contributed by atoms with van der Waals surface area (Å²) in [5, 5.41) is 0. The highest BCUT2D eigenvalue weighted by atomic mass is 14.0. The first-order chi connectivity index (χ1) is 7.26. The molecule has 0 aliphatic heterocycles. The summed E-state index contributed by atoms with van der Waals surface area (Å²) < 4.78 is 0. The van der Waals surface area contributed by atoms with Gasteiger partial charge in [-0.15, -0.1) is 0 Å². The van der Waals surface area contributed by atoms with E-state index >= 15 is 0 Å². The summed E-state index contributed by atoms with van der Waals surface area (Å²) in [5.74, 6) is 0. The third kappa shape index (κ3) is 7.18. The first kappa shape index (κ1) is 14.2. The molecule has 0 saturated carbocycles. The van der Waals surface area contributed by atoms with Crippen molar-refractivity contribution >= 4 is 0 Å². The van der Waals surface area contributed by atoms with Gasteiger partial charge in [0.05, 0.1) is 0 Å². The van der Waals surface area contributed by atoms with Crippen molar-refractivity contribution in [2.75, 3.05) is 0 Å². The van der Waals surface area contributed by atoms with Crippen molar-refractivity contribution in [3.63, 3.8) is 0 Å². The molecule has 0 aliphatic rings. The molecule has 0 nitrogen and oxygen atoms in total. The Morgan fingerprint density at radius 1 is 0.867 bits per heavy atom. The topological polar surface area (TPSA) is 0 Å². The van der Waals surface area contributed by atoms with Crippen LogP contribution in [0.1, 0.15) is 57.6 Å². The molecule has 0 saturated heterocycles. The van der Waals surface area contributed by atoms with E-state index in [0.717, 1.165) is 0 Å². The highest BCUT2D eigenvalue weighted by molar-refractivity contribution is 5.25. The molecule has 15 heavy (non-hydrogen) atoms.